The third-order valence-corrected chi connectivity index (χ3v) is 2.72. The van der Waals surface area contributed by atoms with Gasteiger partial charge in [-0.05, 0) is 5.92 Å². The molecule has 2 aliphatic rings. The van der Waals surface area contributed by atoms with Crippen LogP contribution in [0.25, 0.3) is 0 Å². The van der Waals surface area contributed by atoms with Crippen LogP contribution in [-0.4, -0.2) is 37.0 Å². The highest BCUT2D eigenvalue weighted by molar-refractivity contribution is 4.90. The van der Waals surface area contributed by atoms with E-state index < -0.39 is 0 Å². The van der Waals surface area contributed by atoms with Gasteiger partial charge in [0.1, 0.15) is 0 Å². The highest BCUT2D eigenvalue weighted by atomic mass is 15.6. The Labute approximate surface area is 73.7 Å². The van der Waals surface area contributed by atoms with Crippen molar-refractivity contribution in [2.24, 2.45) is 5.92 Å². The molecule has 0 bridgehead atoms. The zero-order valence-electron chi connectivity index (χ0n) is 7.80. The van der Waals surface area contributed by atoms with Gasteiger partial charge in [-0.15, -0.1) is 0 Å². The second-order valence-corrected chi connectivity index (χ2v) is 3.90. The quantitative estimate of drug-likeness (QED) is 0.487. The third-order valence-electron chi connectivity index (χ3n) is 2.72. The summed E-state index contributed by atoms with van der Waals surface area (Å²) in [6, 6.07) is 0.578. The maximum atomic E-state index is 3.55. The number of piperazine rings is 1. The molecule has 2 fully saturated rings. The first-order valence-electron chi connectivity index (χ1n) is 4.76. The number of hydrazine groups is 1. The van der Waals surface area contributed by atoms with Crippen LogP contribution in [0, 0.1) is 5.92 Å². The molecular weight excluding hydrogens is 152 g/mol. The van der Waals surface area contributed by atoms with E-state index in [1.54, 1.807) is 0 Å². The summed E-state index contributed by atoms with van der Waals surface area (Å²) in [6.07, 6.45) is 0.485. The normalized spacial score (nSPS) is 37.2. The fraction of sp³-hybridized carbons (Fsp3) is 1.00. The van der Waals surface area contributed by atoms with Crippen LogP contribution in [0.4, 0.5) is 0 Å². The van der Waals surface area contributed by atoms with E-state index in [1.807, 2.05) is 0 Å². The number of hydrogen-bond acceptors (Lipinski definition) is 4. The van der Waals surface area contributed by atoms with Gasteiger partial charge < -0.3 is 5.32 Å². The van der Waals surface area contributed by atoms with Crippen LogP contribution in [0.2, 0.25) is 0 Å². The minimum atomic E-state index is 0.485. The van der Waals surface area contributed by atoms with Crippen molar-refractivity contribution in [1.29, 1.82) is 0 Å². The molecule has 4 nitrogen and oxygen atoms in total. The SMILES string of the molecule is CC(C)C1NCCN2NCNC12. The summed E-state index contributed by atoms with van der Waals surface area (Å²) in [6.45, 7) is 7.63. The molecule has 4 heteroatoms. The Bertz CT molecular complexity index is 159. The molecule has 2 unspecified atom stereocenters. The molecule has 0 aromatic heterocycles. The van der Waals surface area contributed by atoms with Crippen molar-refractivity contribution in [3.05, 3.63) is 0 Å². The van der Waals surface area contributed by atoms with Crippen molar-refractivity contribution in [2.75, 3.05) is 19.8 Å². The van der Waals surface area contributed by atoms with Gasteiger partial charge in [-0.3, -0.25) is 5.32 Å². The van der Waals surface area contributed by atoms with Gasteiger partial charge in [0.05, 0.1) is 12.8 Å². The first-order chi connectivity index (χ1) is 5.79. The maximum absolute atomic E-state index is 3.55. The lowest BCUT2D eigenvalue weighted by atomic mass is 9.99. The van der Waals surface area contributed by atoms with E-state index in [0.29, 0.717) is 18.1 Å². The number of rotatable bonds is 1. The van der Waals surface area contributed by atoms with E-state index in [1.165, 1.54) is 0 Å². The average Bonchev–Trinajstić information content (AvgIpc) is 2.49. The fourth-order valence-corrected chi connectivity index (χ4v) is 2.06. The molecule has 2 atom stereocenters. The lowest BCUT2D eigenvalue weighted by Crippen LogP contribution is -2.62. The van der Waals surface area contributed by atoms with E-state index in [2.05, 4.69) is 34.9 Å². The van der Waals surface area contributed by atoms with Crippen molar-refractivity contribution in [2.45, 2.75) is 26.1 Å². The van der Waals surface area contributed by atoms with Crippen LogP contribution in [0.5, 0.6) is 0 Å². The van der Waals surface area contributed by atoms with Crippen LogP contribution in [0.3, 0.4) is 0 Å². The maximum Gasteiger partial charge on any atom is 0.0901 e. The third kappa shape index (κ3) is 1.35. The standard InChI is InChI=1S/C8H18N4/c1-6(2)7-8-10-5-11-12(8)4-3-9-7/h6-11H,3-5H2,1-2H3. The molecule has 0 saturated carbocycles. The molecule has 0 aromatic rings. The number of hydrogen-bond donors (Lipinski definition) is 3. The molecule has 0 aromatic carbocycles. The van der Waals surface area contributed by atoms with Crippen LogP contribution < -0.4 is 16.1 Å². The summed E-state index contributed by atoms with van der Waals surface area (Å²) >= 11 is 0. The van der Waals surface area contributed by atoms with Crippen LogP contribution >= 0.6 is 0 Å². The van der Waals surface area contributed by atoms with Crippen LogP contribution in [0.15, 0.2) is 0 Å². The van der Waals surface area contributed by atoms with E-state index in [9.17, 15) is 0 Å². The Morgan fingerprint density at radius 1 is 1.33 bits per heavy atom. The Balaban J connectivity index is 2.03. The number of fused-ring (bicyclic) bond motifs is 1. The van der Waals surface area contributed by atoms with Crippen LogP contribution in [0.1, 0.15) is 13.8 Å². The van der Waals surface area contributed by atoms with E-state index in [0.717, 1.165) is 19.8 Å². The monoisotopic (exact) mass is 170 g/mol. The molecule has 3 N–H and O–H groups in total. The van der Waals surface area contributed by atoms with Gasteiger partial charge in [-0.25, -0.2) is 10.4 Å². The molecule has 0 spiro atoms. The van der Waals surface area contributed by atoms with Gasteiger partial charge >= 0.3 is 0 Å². The van der Waals surface area contributed by atoms with E-state index in [4.69, 9.17) is 0 Å². The lowest BCUT2D eigenvalue weighted by molar-refractivity contribution is 0.0898. The number of nitrogens with one attached hydrogen (secondary N) is 3. The number of nitrogens with zero attached hydrogens (tertiary/aromatic N) is 1. The Morgan fingerprint density at radius 2 is 2.17 bits per heavy atom. The molecule has 0 aliphatic carbocycles. The minimum absolute atomic E-state index is 0.485. The van der Waals surface area contributed by atoms with E-state index in [-0.39, 0.29) is 0 Å². The predicted molar refractivity (Wildman–Crippen MR) is 48.3 cm³/mol. The molecular formula is C8H18N4. The lowest BCUT2D eigenvalue weighted by Gasteiger charge is -2.38. The highest BCUT2D eigenvalue weighted by Crippen LogP contribution is 2.14. The van der Waals surface area contributed by atoms with Gasteiger partial charge in [0.2, 0.25) is 0 Å². The molecule has 12 heavy (non-hydrogen) atoms. The highest BCUT2D eigenvalue weighted by Gasteiger charge is 2.35. The van der Waals surface area contributed by atoms with Gasteiger partial charge in [-0.2, -0.15) is 0 Å². The van der Waals surface area contributed by atoms with Gasteiger partial charge in [0.15, 0.2) is 0 Å². The molecule has 0 radical (unpaired) electrons. The first-order valence-corrected chi connectivity index (χ1v) is 4.76. The smallest absolute Gasteiger partial charge is 0.0901 e. The van der Waals surface area contributed by atoms with Crippen molar-refractivity contribution in [1.82, 2.24) is 21.1 Å². The summed E-state index contributed by atoms with van der Waals surface area (Å²) in [5.74, 6) is 0.685. The summed E-state index contributed by atoms with van der Waals surface area (Å²) < 4.78 is 0. The summed E-state index contributed by atoms with van der Waals surface area (Å²) in [5.41, 5.74) is 3.33. The molecule has 2 saturated heterocycles. The van der Waals surface area contributed by atoms with Gasteiger partial charge in [0.25, 0.3) is 0 Å². The van der Waals surface area contributed by atoms with Crippen LogP contribution in [-0.2, 0) is 0 Å². The zero-order valence-corrected chi connectivity index (χ0v) is 7.80. The molecule has 70 valence electrons. The second kappa shape index (κ2) is 3.30. The molecule has 2 aliphatic heterocycles. The zero-order chi connectivity index (χ0) is 8.55. The second-order valence-electron chi connectivity index (χ2n) is 3.90. The Kier molecular flexibility index (Phi) is 2.32. The molecule has 2 heterocycles. The fourth-order valence-electron chi connectivity index (χ4n) is 2.06. The molecule has 2 rings (SSSR count). The Morgan fingerprint density at radius 3 is 2.92 bits per heavy atom. The van der Waals surface area contributed by atoms with E-state index >= 15 is 0 Å². The molecule has 0 amide bonds. The van der Waals surface area contributed by atoms with Crippen molar-refractivity contribution >= 4 is 0 Å². The average molecular weight is 170 g/mol. The Hall–Kier alpha value is -0.160. The first kappa shape index (κ1) is 8.44. The summed E-state index contributed by atoms with van der Waals surface area (Å²) in [4.78, 5) is 0. The van der Waals surface area contributed by atoms with Crippen molar-refractivity contribution in [3.63, 3.8) is 0 Å². The van der Waals surface area contributed by atoms with Crippen molar-refractivity contribution in [3.8, 4) is 0 Å². The topological polar surface area (TPSA) is 39.3 Å². The van der Waals surface area contributed by atoms with Crippen molar-refractivity contribution < 1.29 is 0 Å². The summed E-state index contributed by atoms with van der Waals surface area (Å²) in [5, 5.41) is 9.29. The van der Waals surface area contributed by atoms with Gasteiger partial charge in [-0.1, -0.05) is 13.8 Å². The van der Waals surface area contributed by atoms with Gasteiger partial charge in [0, 0.05) is 19.1 Å². The predicted octanol–water partition coefficient (Wildman–Crippen LogP) is -0.692. The largest absolute Gasteiger partial charge is 0.310 e. The minimum Gasteiger partial charge on any atom is -0.310 e. The summed E-state index contributed by atoms with van der Waals surface area (Å²) in [7, 11) is 0.